The van der Waals surface area contributed by atoms with Gasteiger partial charge in [-0.25, -0.2) is 0 Å². The predicted molar refractivity (Wildman–Crippen MR) is 137 cm³/mol. The Balaban J connectivity index is 1.25. The molecule has 3 saturated carbocycles. The van der Waals surface area contributed by atoms with Gasteiger partial charge in [-0.2, -0.15) is 0 Å². The van der Waals surface area contributed by atoms with E-state index in [4.69, 9.17) is 5.11 Å². The fourth-order valence-electron chi connectivity index (χ4n) is 9.01. The summed E-state index contributed by atoms with van der Waals surface area (Å²) in [6.07, 6.45) is 14.7. The van der Waals surface area contributed by atoms with Crippen LogP contribution in [0.1, 0.15) is 110 Å². The van der Waals surface area contributed by atoms with Crippen molar-refractivity contribution in [1.82, 2.24) is 10.2 Å². The van der Waals surface area contributed by atoms with E-state index in [1.807, 2.05) is 7.05 Å². The first-order valence-corrected chi connectivity index (χ1v) is 14.4. The van der Waals surface area contributed by atoms with Gasteiger partial charge in [-0.15, -0.1) is 0 Å². The van der Waals surface area contributed by atoms with Crippen LogP contribution in [0.25, 0.3) is 0 Å². The second kappa shape index (κ2) is 10.8. The van der Waals surface area contributed by atoms with Gasteiger partial charge in [0.05, 0.1) is 0 Å². The summed E-state index contributed by atoms with van der Waals surface area (Å²) in [4.78, 5) is 37.5. The van der Waals surface area contributed by atoms with Crippen molar-refractivity contribution < 1.29 is 19.5 Å². The molecule has 7 atom stereocenters. The van der Waals surface area contributed by atoms with Crippen LogP contribution in [0.3, 0.4) is 0 Å². The molecule has 4 rings (SSSR count). The Morgan fingerprint density at radius 1 is 0.914 bits per heavy atom. The van der Waals surface area contributed by atoms with Crippen molar-refractivity contribution in [2.75, 3.05) is 13.6 Å². The van der Waals surface area contributed by atoms with Crippen LogP contribution in [-0.2, 0) is 14.4 Å². The second-order valence-electron chi connectivity index (χ2n) is 12.8. The smallest absolute Gasteiger partial charge is 0.303 e. The molecule has 6 nitrogen and oxygen atoms in total. The molecule has 4 aliphatic rings. The van der Waals surface area contributed by atoms with Crippen molar-refractivity contribution in [3.8, 4) is 0 Å². The maximum absolute atomic E-state index is 12.5. The van der Waals surface area contributed by atoms with Crippen LogP contribution in [0.2, 0.25) is 0 Å². The van der Waals surface area contributed by atoms with Crippen LogP contribution in [0, 0.1) is 34.5 Å². The zero-order chi connectivity index (χ0) is 25.2. The number of nitrogens with one attached hydrogen (secondary N) is 1. The van der Waals surface area contributed by atoms with Crippen molar-refractivity contribution in [2.24, 2.45) is 34.5 Å². The monoisotopic (exact) mass is 488 g/mol. The lowest BCUT2D eigenvalue weighted by atomic mass is 9.47. The third kappa shape index (κ3) is 5.27. The van der Waals surface area contributed by atoms with E-state index in [-0.39, 0.29) is 17.7 Å². The molecular formula is C29H48N2O4. The lowest BCUT2D eigenvalue weighted by molar-refractivity contribution is -0.158. The number of aliphatic carboxylic acids is 1. The van der Waals surface area contributed by atoms with Gasteiger partial charge in [-0.3, -0.25) is 14.4 Å². The van der Waals surface area contributed by atoms with Crippen LogP contribution in [0.4, 0.5) is 0 Å². The molecule has 35 heavy (non-hydrogen) atoms. The number of hydrogen-bond donors (Lipinski definition) is 2. The van der Waals surface area contributed by atoms with E-state index in [2.05, 4.69) is 24.1 Å². The number of carbonyl (C=O) groups is 3. The minimum absolute atomic E-state index is 0.180. The number of nitrogens with zero attached hydrogens (tertiary/aromatic N) is 1. The van der Waals surface area contributed by atoms with Crippen molar-refractivity contribution in [1.29, 1.82) is 0 Å². The Kier molecular flexibility index (Phi) is 8.17. The quantitative estimate of drug-likeness (QED) is 0.403. The third-order valence-electron chi connectivity index (χ3n) is 11.1. The van der Waals surface area contributed by atoms with Gasteiger partial charge in [-0.1, -0.05) is 33.1 Å². The lowest BCUT2D eigenvalue weighted by Crippen LogP contribution is -2.61. The first-order chi connectivity index (χ1) is 16.7. The summed E-state index contributed by atoms with van der Waals surface area (Å²) in [7, 11) is 2.03. The molecule has 2 N–H and O–H groups in total. The summed E-state index contributed by atoms with van der Waals surface area (Å²) in [6.45, 7) is 5.82. The lowest BCUT2D eigenvalue weighted by Gasteiger charge is -2.61. The van der Waals surface area contributed by atoms with E-state index in [1.54, 1.807) is 0 Å². The highest BCUT2D eigenvalue weighted by Crippen LogP contribution is 2.66. The van der Waals surface area contributed by atoms with Gasteiger partial charge < -0.3 is 15.3 Å². The van der Waals surface area contributed by atoms with Gasteiger partial charge in [0.25, 0.3) is 0 Å². The molecule has 1 heterocycles. The number of piperidine rings is 1. The van der Waals surface area contributed by atoms with Gasteiger partial charge in [-0.05, 0) is 92.3 Å². The van der Waals surface area contributed by atoms with Crippen LogP contribution in [-0.4, -0.2) is 47.4 Å². The van der Waals surface area contributed by atoms with Gasteiger partial charge in [0, 0.05) is 38.9 Å². The summed E-state index contributed by atoms with van der Waals surface area (Å²) < 4.78 is 0. The topological polar surface area (TPSA) is 86.7 Å². The number of rotatable bonds is 10. The highest BCUT2D eigenvalue weighted by atomic mass is 16.4. The Bertz CT molecular complexity index is 800. The summed E-state index contributed by atoms with van der Waals surface area (Å²) in [5.41, 5.74) is 0.602. The standard InChI is InChI=1S/C29H48N2O4/c1-28-17-15-23-21(12-14-24-29(23,2)18-16-26(33)31(24)3)22(28)13-11-20(28)19-30-25(32)9-7-5-4-6-8-10-27(34)35/h20-24H,4-19H2,1-3H3,(H,30,32)(H,34,35)/t20-,21+,22+,23+,24-,28-,29-/m1/s1. The van der Waals surface area contributed by atoms with E-state index in [0.717, 1.165) is 69.2 Å². The van der Waals surface area contributed by atoms with Crippen LogP contribution in [0.15, 0.2) is 0 Å². The van der Waals surface area contributed by atoms with E-state index < -0.39 is 5.97 Å². The van der Waals surface area contributed by atoms with Gasteiger partial charge >= 0.3 is 5.97 Å². The van der Waals surface area contributed by atoms with Crippen molar-refractivity contribution in [2.45, 2.75) is 116 Å². The molecule has 0 unspecified atom stereocenters. The average Bonchev–Trinajstić information content (AvgIpc) is 3.16. The van der Waals surface area contributed by atoms with E-state index >= 15 is 0 Å². The summed E-state index contributed by atoms with van der Waals surface area (Å²) in [5, 5.41) is 12.0. The van der Waals surface area contributed by atoms with E-state index in [1.165, 1.54) is 32.1 Å². The first-order valence-electron chi connectivity index (χ1n) is 14.4. The number of fused-ring (bicyclic) bond motifs is 5. The average molecular weight is 489 g/mol. The molecule has 0 radical (unpaired) electrons. The molecule has 4 fully saturated rings. The van der Waals surface area contributed by atoms with Crippen molar-refractivity contribution in [3.63, 3.8) is 0 Å². The minimum atomic E-state index is -0.722. The maximum atomic E-state index is 12.5. The third-order valence-corrected chi connectivity index (χ3v) is 11.1. The van der Waals surface area contributed by atoms with Crippen LogP contribution < -0.4 is 5.32 Å². The molecule has 0 aromatic heterocycles. The maximum Gasteiger partial charge on any atom is 0.303 e. The van der Waals surface area contributed by atoms with Crippen molar-refractivity contribution >= 4 is 17.8 Å². The van der Waals surface area contributed by atoms with Crippen molar-refractivity contribution in [3.05, 3.63) is 0 Å². The fourth-order valence-corrected chi connectivity index (χ4v) is 9.01. The van der Waals surface area contributed by atoms with Gasteiger partial charge in [0.15, 0.2) is 0 Å². The first kappa shape index (κ1) is 26.5. The number of carbonyl (C=O) groups excluding carboxylic acids is 2. The molecule has 0 bridgehead atoms. The number of unbranched alkanes of at least 4 members (excludes halogenated alkanes) is 4. The molecule has 0 aromatic rings. The summed E-state index contributed by atoms with van der Waals surface area (Å²) in [5.74, 6) is 2.64. The summed E-state index contributed by atoms with van der Waals surface area (Å²) >= 11 is 0. The highest BCUT2D eigenvalue weighted by Gasteiger charge is 2.60. The zero-order valence-electron chi connectivity index (χ0n) is 22.3. The Labute approximate surface area is 212 Å². The predicted octanol–water partition coefficient (Wildman–Crippen LogP) is 5.40. The highest BCUT2D eigenvalue weighted by molar-refractivity contribution is 5.77. The second-order valence-corrected chi connectivity index (χ2v) is 12.8. The number of carboxylic acid groups (broad SMARTS) is 1. The van der Waals surface area contributed by atoms with Gasteiger partial charge in [0.1, 0.15) is 0 Å². The Hall–Kier alpha value is -1.59. The summed E-state index contributed by atoms with van der Waals surface area (Å²) in [6, 6.07) is 0.419. The number of likely N-dealkylation sites (tertiary alicyclic amines) is 1. The molecule has 2 amide bonds. The molecule has 1 saturated heterocycles. The largest absolute Gasteiger partial charge is 0.481 e. The molecule has 6 heteroatoms. The molecule has 198 valence electrons. The van der Waals surface area contributed by atoms with E-state index in [9.17, 15) is 14.4 Å². The number of amides is 2. The molecule has 0 aromatic carbocycles. The van der Waals surface area contributed by atoms with Crippen LogP contribution in [0.5, 0.6) is 0 Å². The van der Waals surface area contributed by atoms with E-state index in [0.29, 0.717) is 36.1 Å². The molecule has 0 spiro atoms. The minimum Gasteiger partial charge on any atom is -0.481 e. The Morgan fingerprint density at radius 3 is 2.34 bits per heavy atom. The fraction of sp³-hybridized carbons (Fsp3) is 0.897. The van der Waals surface area contributed by atoms with Crippen LogP contribution >= 0.6 is 0 Å². The zero-order valence-corrected chi connectivity index (χ0v) is 22.3. The Morgan fingerprint density at radius 2 is 1.60 bits per heavy atom. The normalized spacial score (nSPS) is 38.4. The molecular weight excluding hydrogens is 440 g/mol. The SMILES string of the molecule is CN1C(=O)CC[C@]2(C)[C@H]3CC[C@]4(C)[C@@H](CNC(=O)CCCCCCCC(=O)O)CC[C@H]4[C@@H]3CC[C@@H]12. The molecule has 3 aliphatic carbocycles. The number of hydrogen-bond acceptors (Lipinski definition) is 3. The molecule has 1 aliphatic heterocycles. The number of carboxylic acids is 1. The van der Waals surface area contributed by atoms with Gasteiger partial charge in [0.2, 0.25) is 11.8 Å².